The van der Waals surface area contributed by atoms with Crippen LogP contribution in [0.2, 0.25) is 0 Å². The Morgan fingerprint density at radius 1 is 0.620 bits per heavy atom. The molecule has 4 nitrogen and oxygen atoms in total. The molecule has 0 aliphatic heterocycles. The Morgan fingerprint density at radius 3 is 2.08 bits per heavy atom. The summed E-state index contributed by atoms with van der Waals surface area (Å²) in [4.78, 5) is 14.0. The topological polar surface area (TPSA) is 51.8 Å². The van der Waals surface area contributed by atoms with Crippen LogP contribution in [0.1, 0.15) is 33.5 Å². The molecule has 0 aliphatic rings. The molecule has 0 spiro atoms. The molecule has 4 heterocycles. The number of aryl methyl sites for hydroxylation is 6. The van der Waals surface area contributed by atoms with Crippen molar-refractivity contribution in [3.63, 3.8) is 0 Å². The predicted octanol–water partition coefficient (Wildman–Crippen LogP) is 11.1. The van der Waals surface area contributed by atoms with Gasteiger partial charge < -0.3 is 14.4 Å². The summed E-state index contributed by atoms with van der Waals surface area (Å²) in [6.07, 6.45) is 5.65. The third-order valence-corrected chi connectivity index (χ3v) is 8.75. The number of furan rings is 1. The fourth-order valence-corrected chi connectivity index (χ4v) is 6.41. The predicted molar refractivity (Wildman–Crippen MR) is 200 cm³/mol. The summed E-state index contributed by atoms with van der Waals surface area (Å²) in [7, 11) is 0. The summed E-state index contributed by atoms with van der Waals surface area (Å²) < 4.78 is 6.31. The third-order valence-electron chi connectivity index (χ3n) is 8.75. The smallest absolute Gasteiger partial charge is 0.216 e. The van der Waals surface area contributed by atoms with Crippen molar-refractivity contribution in [1.82, 2.24) is 15.0 Å². The molecule has 0 N–H and O–H groups in total. The van der Waals surface area contributed by atoms with Gasteiger partial charge in [-0.25, -0.2) is 4.98 Å². The summed E-state index contributed by atoms with van der Waals surface area (Å²) in [5.41, 5.74) is 14.9. The van der Waals surface area contributed by atoms with Crippen LogP contribution in [-0.2, 0) is 32.9 Å². The molecule has 4 aromatic carbocycles. The number of nitrogens with zero attached hydrogens (tertiary/aromatic N) is 3. The van der Waals surface area contributed by atoms with E-state index in [0.717, 1.165) is 63.0 Å². The Kier molecular flexibility index (Phi) is 10.8. The van der Waals surface area contributed by atoms with E-state index >= 15 is 0 Å². The van der Waals surface area contributed by atoms with Gasteiger partial charge in [-0.1, -0.05) is 83.2 Å². The first-order chi connectivity index (χ1) is 23.9. The molecule has 8 rings (SSSR count). The van der Waals surface area contributed by atoms with Crippen LogP contribution >= 0.6 is 0 Å². The summed E-state index contributed by atoms with van der Waals surface area (Å²) in [6.45, 7) is 8.49. The van der Waals surface area contributed by atoms with Gasteiger partial charge in [-0.3, -0.25) is 0 Å². The fraction of sp³-hybridized carbons (Fsp3) is 0.133. The standard InChI is InChI=1S/C33H27N2O.C12H10N.Ir/c1-21-18-22(2)31(23(3)19-21)25-13-17-30(34-20-25)29-11-7-10-27-28-16-15-26(35-33(28)36-32(27)29)14-12-24-8-5-4-6-9-24;1-10-7-8-12(13-9-10)11-5-3-2-4-6-11;/h4-10,13,15-20H,12,14H2,1-3H3;2-5,7-9H,1H3;/q2*-1;. The van der Waals surface area contributed by atoms with Crippen molar-refractivity contribution in [3.8, 4) is 33.6 Å². The molecule has 5 heteroatoms. The number of hydrogen-bond donors (Lipinski definition) is 0. The largest absolute Gasteiger partial charge is 0.486 e. The van der Waals surface area contributed by atoms with E-state index in [-0.39, 0.29) is 20.1 Å². The van der Waals surface area contributed by atoms with E-state index in [0.29, 0.717) is 5.71 Å². The van der Waals surface area contributed by atoms with Crippen LogP contribution in [0.15, 0.2) is 132 Å². The molecule has 4 aromatic heterocycles. The van der Waals surface area contributed by atoms with Gasteiger partial charge in [0.15, 0.2) is 0 Å². The molecule has 0 saturated carbocycles. The van der Waals surface area contributed by atoms with Gasteiger partial charge in [0.05, 0.1) is 5.58 Å². The van der Waals surface area contributed by atoms with Crippen LogP contribution in [0.4, 0.5) is 0 Å². The van der Waals surface area contributed by atoms with Crippen molar-refractivity contribution >= 4 is 22.1 Å². The number of rotatable bonds is 6. The zero-order chi connectivity index (χ0) is 33.7. The molecule has 0 bridgehead atoms. The molecule has 249 valence electrons. The van der Waals surface area contributed by atoms with Crippen molar-refractivity contribution in [2.24, 2.45) is 0 Å². The Bertz CT molecular complexity index is 2330. The number of pyridine rings is 3. The maximum atomic E-state index is 6.31. The summed E-state index contributed by atoms with van der Waals surface area (Å²) in [5.74, 6) is 0. The average Bonchev–Trinajstić information content (AvgIpc) is 3.50. The maximum absolute atomic E-state index is 6.31. The second kappa shape index (κ2) is 15.6. The molecule has 0 saturated heterocycles. The zero-order valence-corrected chi connectivity index (χ0v) is 31.0. The normalized spacial score (nSPS) is 10.8. The fourth-order valence-electron chi connectivity index (χ4n) is 6.41. The van der Waals surface area contributed by atoms with Gasteiger partial charge in [-0.05, 0) is 97.4 Å². The number of hydrogen-bond acceptors (Lipinski definition) is 4. The minimum atomic E-state index is 0. The van der Waals surface area contributed by atoms with Gasteiger partial charge in [-0.2, -0.15) is 0 Å². The van der Waals surface area contributed by atoms with Gasteiger partial charge in [-0.15, -0.1) is 54.1 Å². The van der Waals surface area contributed by atoms with Gasteiger partial charge in [0.2, 0.25) is 5.71 Å². The van der Waals surface area contributed by atoms with E-state index in [2.05, 4.69) is 105 Å². The molecular formula is C45H37IrN3O-2. The SMILES string of the molecule is Cc1cc(C)c(-c2ccc(-c3[c-]ccc4c3oc3nc(CCc5ccccc5)ccc34)nc2)c(C)c1.Cc1ccc(-c2[c-]cccc2)nc1.[Ir]. The number of aromatic nitrogens is 3. The van der Waals surface area contributed by atoms with Crippen molar-refractivity contribution in [3.05, 3.63) is 173 Å². The quantitative estimate of drug-likeness (QED) is 0.157. The molecule has 1 radical (unpaired) electrons. The second-order valence-corrected chi connectivity index (χ2v) is 12.5. The molecule has 0 unspecified atom stereocenters. The van der Waals surface area contributed by atoms with E-state index in [1.54, 1.807) is 0 Å². The third kappa shape index (κ3) is 7.65. The van der Waals surface area contributed by atoms with Crippen molar-refractivity contribution in [2.75, 3.05) is 0 Å². The first kappa shape index (κ1) is 34.6. The van der Waals surface area contributed by atoms with E-state index in [1.807, 2.05) is 67.8 Å². The van der Waals surface area contributed by atoms with E-state index in [4.69, 9.17) is 14.4 Å². The van der Waals surface area contributed by atoms with Gasteiger partial charge in [0, 0.05) is 43.6 Å². The van der Waals surface area contributed by atoms with Gasteiger partial charge in [0.25, 0.3) is 0 Å². The zero-order valence-electron chi connectivity index (χ0n) is 28.6. The van der Waals surface area contributed by atoms with Crippen LogP contribution in [0.25, 0.3) is 55.7 Å². The van der Waals surface area contributed by atoms with Crippen LogP contribution in [0, 0.1) is 39.8 Å². The second-order valence-electron chi connectivity index (χ2n) is 12.5. The minimum absolute atomic E-state index is 0. The molecule has 50 heavy (non-hydrogen) atoms. The maximum Gasteiger partial charge on any atom is 0.216 e. The Balaban J connectivity index is 0.000000260. The van der Waals surface area contributed by atoms with Crippen LogP contribution in [0.5, 0.6) is 0 Å². The Morgan fingerprint density at radius 2 is 1.38 bits per heavy atom. The van der Waals surface area contributed by atoms with E-state index < -0.39 is 0 Å². The first-order valence-corrected chi connectivity index (χ1v) is 16.6. The summed E-state index contributed by atoms with van der Waals surface area (Å²) in [5, 5.41) is 2.06. The van der Waals surface area contributed by atoms with Crippen molar-refractivity contribution in [1.29, 1.82) is 0 Å². The minimum Gasteiger partial charge on any atom is -0.486 e. The average molecular weight is 828 g/mol. The van der Waals surface area contributed by atoms with Crippen molar-refractivity contribution in [2.45, 2.75) is 40.5 Å². The molecule has 0 atom stereocenters. The molecule has 0 amide bonds. The van der Waals surface area contributed by atoms with Gasteiger partial charge in [0.1, 0.15) is 0 Å². The molecule has 8 aromatic rings. The number of benzene rings is 4. The summed E-state index contributed by atoms with van der Waals surface area (Å²) in [6, 6.07) is 45.8. The van der Waals surface area contributed by atoms with Gasteiger partial charge >= 0.3 is 0 Å². The molecule has 0 aliphatic carbocycles. The van der Waals surface area contributed by atoms with Crippen LogP contribution in [-0.4, -0.2) is 15.0 Å². The molecular weight excluding hydrogens is 791 g/mol. The van der Waals surface area contributed by atoms with E-state index in [1.165, 1.54) is 33.4 Å². The summed E-state index contributed by atoms with van der Waals surface area (Å²) >= 11 is 0. The van der Waals surface area contributed by atoms with Crippen LogP contribution < -0.4 is 0 Å². The van der Waals surface area contributed by atoms with E-state index in [9.17, 15) is 0 Å². The molecule has 0 fully saturated rings. The monoisotopic (exact) mass is 828 g/mol. The number of fused-ring (bicyclic) bond motifs is 3. The van der Waals surface area contributed by atoms with Crippen LogP contribution in [0.3, 0.4) is 0 Å². The Labute approximate surface area is 307 Å². The Hall–Kier alpha value is -5.22. The first-order valence-electron chi connectivity index (χ1n) is 16.6. The van der Waals surface area contributed by atoms with Crippen molar-refractivity contribution < 1.29 is 24.5 Å².